The van der Waals surface area contributed by atoms with Gasteiger partial charge in [-0.1, -0.05) is 18.2 Å². The molecule has 1 aliphatic rings. The Balaban J connectivity index is 1.80. The zero-order chi connectivity index (χ0) is 23.9. The van der Waals surface area contributed by atoms with Gasteiger partial charge in [-0.3, -0.25) is 14.4 Å². The molecule has 172 valence electrons. The van der Waals surface area contributed by atoms with Crippen LogP contribution in [0.5, 0.6) is 5.75 Å². The number of primary amides is 1. The number of hydrogen-bond acceptors (Lipinski definition) is 5. The first kappa shape index (κ1) is 22.6. The molecule has 4 N–H and O–H groups in total. The molecule has 3 aromatic rings. The first-order valence-electron chi connectivity index (χ1n) is 10.5. The lowest BCUT2D eigenvalue weighted by Crippen LogP contribution is -2.45. The van der Waals surface area contributed by atoms with Crippen molar-refractivity contribution in [2.75, 3.05) is 6.54 Å². The molecule has 1 aromatic heterocycles. The number of aromatic hydroxyl groups is 1. The van der Waals surface area contributed by atoms with E-state index in [-0.39, 0.29) is 30.2 Å². The number of nitrogens with one attached hydrogen (secondary N) is 1. The predicted molar refractivity (Wildman–Crippen MR) is 117 cm³/mol. The lowest BCUT2D eigenvalue weighted by molar-refractivity contribution is -0.124. The molecule has 2 heterocycles. The second kappa shape index (κ2) is 8.74. The Kier molecular flexibility index (Phi) is 5.99. The van der Waals surface area contributed by atoms with Crippen LogP contribution in [0.15, 0.2) is 48.7 Å². The number of phenols is 1. The number of carbonyl (C=O) groups excluding carboxylic acids is 3. The quantitative estimate of drug-likeness (QED) is 0.474. The van der Waals surface area contributed by atoms with E-state index in [0.29, 0.717) is 16.5 Å². The van der Waals surface area contributed by atoms with E-state index in [1.165, 1.54) is 54.1 Å². The number of nitrogens with zero attached hydrogens (tertiary/aromatic N) is 1. The van der Waals surface area contributed by atoms with Gasteiger partial charge in [-0.2, -0.15) is 0 Å². The SMILES string of the molecule is CC(=O)c1cn(CC(=O)C(c2ccccc2F)C2C(F)CNC2C(N)=O)c2cc(O)ccc12. The number of benzene rings is 2. The van der Waals surface area contributed by atoms with E-state index in [0.717, 1.165) is 0 Å². The van der Waals surface area contributed by atoms with Crippen molar-refractivity contribution in [3.8, 4) is 5.75 Å². The van der Waals surface area contributed by atoms with Crippen LogP contribution in [0, 0.1) is 11.7 Å². The van der Waals surface area contributed by atoms with Gasteiger partial charge in [-0.05, 0) is 30.7 Å². The number of rotatable bonds is 7. The Bertz CT molecular complexity index is 1260. The standard InChI is InChI=1S/C24H23F2N3O4/c1-12(30)16-10-29(19-8-13(31)6-7-14(16)19)11-20(32)21(15-4-2-3-5-17(15)25)22-18(26)9-28-23(22)24(27)33/h2-8,10,18,21-23,28,31H,9,11H2,1H3,(H2,27,33). The van der Waals surface area contributed by atoms with Crippen LogP contribution in [-0.4, -0.2) is 45.9 Å². The van der Waals surface area contributed by atoms with E-state index >= 15 is 0 Å². The number of amides is 1. The number of hydrogen-bond donors (Lipinski definition) is 3. The molecular formula is C24H23F2N3O4. The fourth-order valence-electron chi connectivity index (χ4n) is 4.69. The van der Waals surface area contributed by atoms with E-state index in [4.69, 9.17) is 5.73 Å². The maximum absolute atomic E-state index is 15.0. The third-order valence-corrected chi connectivity index (χ3v) is 6.19. The van der Waals surface area contributed by atoms with Crippen LogP contribution >= 0.6 is 0 Å². The number of nitrogens with two attached hydrogens (primary N) is 1. The van der Waals surface area contributed by atoms with Crippen molar-refractivity contribution in [2.45, 2.75) is 31.6 Å². The van der Waals surface area contributed by atoms with Gasteiger partial charge in [-0.15, -0.1) is 0 Å². The lowest BCUT2D eigenvalue weighted by atomic mass is 9.77. The van der Waals surface area contributed by atoms with Crippen LogP contribution in [0.1, 0.15) is 28.8 Å². The van der Waals surface area contributed by atoms with Gasteiger partial charge in [-0.25, -0.2) is 8.78 Å². The zero-order valence-corrected chi connectivity index (χ0v) is 17.8. The zero-order valence-electron chi connectivity index (χ0n) is 17.8. The van der Waals surface area contributed by atoms with Crippen molar-refractivity contribution in [3.05, 3.63) is 65.6 Å². The van der Waals surface area contributed by atoms with E-state index in [2.05, 4.69) is 5.32 Å². The molecule has 4 unspecified atom stereocenters. The number of phenolic OH excluding ortho intramolecular Hbond substituents is 1. The minimum absolute atomic E-state index is 0.0313. The van der Waals surface area contributed by atoms with Gasteiger partial charge in [0, 0.05) is 35.7 Å². The fraction of sp³-hybridized carbons (Fsp3) is 0.292. The highest BCUT2D eigenvalue weighted by atomic mass is 19.1. The maximum atomic E-state index is 15.0. The lowest BCUT2D eigenvalue weighted by Gasteiger charge is -2.28. The summed E-state index contributed by atoms with van der Waals surface area (Å²) >= 11 is 0. The van der Waals surface area contributed by atoms with Gasteiger partial charge in [0.2, 0.25) is 5.91 Å². The number of halogens is 2. The van der Waals surface area contributed by atoms with Crippen molar-refractivity contribution in [1.29, 1.82) is 0 Å². The van der Waals surface area contributed by atoms with E-state index in [1.54, 1.807) is 6.07 Å². The molecule has 0 bridgehead atoms. The van der Waals surface area contributed by atoms with Crippen molar-refractivity contribution < 1.29 is 28.3 Å². The summed E-state index contributed by atoms with van der Waals surface area (Å²) in [5.74, 6) is -4.88. The second-order valence-corrected chi connectivity index (χ2v) is 8.28. The first-order chi connectivity index (χ1) is 15.7. The first-order valence-corrected chi connectivity index (χ1v) is 10.5. The van der Waals surface area contributed by atoms with Crippen LogP contribution in [0.25, 0.3) is 10.9 Å². The van der Waals surface area contributed by atoms with Gasteiger partial charge in [0.05, 0.1) is 24.0 Å². The predicted octanol–water partition coefficient (Wildman–Crippen LogP) is 2.45. The normalized spacial score (nSPS) is 21.2. The molecule has 1 amide bonds. The molecule has 4 atom stereocenters. The molecular weight excluding hydrogens is 432 g/mol. The molecule has 9 heteroatoms. The van der Waals surface area contributed by atoms with E-state index in [1.807, 2.05) is 0 Å². The average Bonchev–Trinajstić information content (AvgIpc) is 3.31. The van der Waals surface area contributed by atoms with Gasteiger partial charge < -0.3 is 20.7 Å². The monoisotopic (exact) mass is 455 g/mol. The Morgan fingerprint density at radius 3 is 2.64 bits per heavy atom. The Morgan fingerprint density at radius 1 is 1.24 bits per heavy atom. The van der Waals surface area contributed by atoms with E-state index in [9.17, 15) is 28.3 Å². The number of alkyl halides is 1. The fourth-order valence-corrected chi connectivity index (χ4v) is 4.69. The largest absolute Gasteiger partial charge is 0.508 e. The van der Waals surface area contributed by atoms with Crippen LogP contribution in [-0.2, 0) is 16.1 Å². The summed E-state index contributed by atoms with van der Waals surface area (Å²) in [6, 6.07) is 8.80. The summed E-state index contributed by atoms with van der Waals surface area (Å²) in [6.07, 6.45) is -0.122. The molecule has 1 aliphatic heterocycles. The maximum Gasteiger partial charge on any atom is 0.234 e. The summed E-state index contributed by atoms with van der Waals surface area (Å²) in [6.45, 7) is 0.859. The minimum atomic E-state index is -1.60. The summed E-state index contributed by atoms with van der Waals surface area (Å²) in [5.41, 5.74) is 6.18. The number of aromatic nitrogens is 1. The van der Waals surface area contributed by atoms with Crippen LogP contribution in [0.4, 0.5) is 8.78 Å². The van der Waals surface area contributed by atoms with Crippen molar-refractivity contribution in [3.63, 3.8) is 0 Å². The average molecular weight is 455 g/mol. The molecule has 33 heavy (non-hydrogen) atoms. The Hall–Kier alpha value is -3.59. The molecule has 2 aromatic carbocycles. The van der Waals surface area contributed by atoms with Crippen LogP contribution in [0.2, 0.25) is 0 Å². The second-order valence-electron chi connectivity index (χ2n) is 8.28. The highest BCUT2D eigenvalue weighted by molar-refractivity contribution is 6.07. The van der Waals surface area contributed by atoms with Gasteiger partial charge in [0.25, 0.3) is 0 Å². The van der Waals surface area contributed by atoms with Gasteiger partial charge in [0.1, 0.15) is 17.7 Å². The number of ketones is 2. The highest BCUT2D eigenvalue weighted by Gasteiger charge is 2.47. The molecule has 7 nitrogen and oxygen atoms in total. The molecule has 0 radical (unpaired) electrons. The van der Waals surface area contributed by atoms with Crippen LogP contribution in [0.3, 0.4) is 0 Å². The third-order valence-electron chi connectivity index (χ3n) is 6.19. The summed E-state index contributed by atoms with van der Waals surface area (Å²) in [5, 5.41) is 13.2. The summed E-state index contributed by atoms with van der Waals surface area (Å²) < 4.78 is 31.2. The molecule has 4 rings (SSSR count). The summed E-state index contributed by atoms with van der Waals surface area (Å²) in [7, 11) is 0. The number of fused-ring (bicyclic) bond motifs is 1. The van der Waals surface area contributed by atoms with E-state index < -0.39 is 41.6 Å². The molecule has 0 aliphatic carbocycles. The molecule has 1 fully saturated rings. The van der Waals surface area contributed by atoms with Gasteiger partial charge in [0.15, 0.2) is 11.6 Å². The molecule has 1 saturated heterocycles. The smallest absolute Gasteiger partial charge is 0.234 e. The third kappa shape index (κ3) is 4.11. The van der Waals surface area contributed by atoms with Crippen molar-refractivity contribution in [2.24, 2.45) is 11.7 Å². The molecule has 0 spiro atoms. The van der Waals surface area contributed by atoms with Crippen molar-refractivity contribution >= 4 is 28.4 Å². The number of Topliss-reactive ketones (excluding diaryl/α,β-unsaturated/α-hetero) is 2. The highest BCUT2D eigenvalue weighted by Crippen LogP contribution is 2.37. The van der Waals surface area contributed by atoms with Crippen molar-refractivity contribution in [1.82, 2.24) is 9.88 Å². The summed E-state index contributed by atoms with van der Waals surface area (Å²) in [4.78, 5) is 37.7. The number of carbonyl (C=O) groups is 3. The Morgan fingerprint density at radius 2 is 1.97 bits per heavy atom. The topological polar surface area (TPSA) is 114 Å². The Labute approximate surface area is 188 Å². The molecule has 0 saturated carbocycles. The minimum Gasteiger partial charge on any atom is -0.508 e. The van der Waals surface area contributed by atoms with Gasteiger partial charge >= 0.3 is 0 Å². The van der Waals surface area contributed by atoms with Crippen LogP contribution < -0.4 is 11.1 Å².